The molecule has 0 unspecified atom stereocenters. The van der Waals surface area contributed by atoms with Crippen LogP contribution in [0.15, 0.2) is 180 Å². The topological polar surface area (TPSA) is 16.4 Å². The molecule has 10 aromatic rings. The van der Waals surface area contributed by atoms with Gasteiger partial charge in [-0.25, -0.2) is 0 Å². The molecule has 0 spiro atoms. The van der Waals surface area contributed by atoms with Gasteiger partial charge in [-0.05, 0) is 87.6 Å². The fraction of sp³-hybridized carbons (Fsp3) is 0. The van der Waals surface area contributed by atoms with Crippen LogP contribution in [0.5, 0.6) is 0 Å². The van der Waals surface area contributed by atoms with Gasteiger partial charge in [0.25, 0.3) is 0 Å². The Morgan fingerprint density at radius 3 is 1.76 bits per heavy atom. The molecule has 0 aliphatic carbocycles. The lowest BCUT2D eigenvalue weighted by Gasteiger charge is -2.27. The van der Waals surface area contributed by atoms with E-state index in [1.807, 2.05) is 17.4 Å². The Morgan fingerprint density at radius 1 is 0.388 bits per heavy atom. The molecule has 8 aromatic carbocycles. The van der Waals surface area contributed by atoms with E-state index >= 15 is 0 Å². The number of thiophene rings is 1. The Hall–Kier alpha value is -6.16. The van der Waals surface area contributed by atoms with Crippen LogP contribution in [0.3, 0.4) is 0 Å². The second-order valence-corrected chi connectivity index (χ2v) is 13.6. The number of hydrogen-bond acceptors (Lipinski definition) is 3. The van der Waals surface area contributed by atoms with Gasteiger partial charge in [0, 0.05) is 42.3 Å². The maximum Gasteiger partial charge on any atom is 0.136 e. The van der Waals surface area contributed by atoms with Crippen molar-refractivity contribution in [1.29, 1.82) is 0 Å². The molecule has 230 valence electrons. The molecule has 0 saturated heterocycles. The Kier molecular flexibility index (Phi) is 6.39. The summed E-state index contributed by atoms with van der Waals surface area (Å²) in [5, 5.41) is 7.32. The number of hydrogen-bond donors (Lipinski definition) is 0. The highest BCUT2D eigenvalue weighted by molar-refractivity contribution is 7.26. The van der Waals surface area contributed by atoms with Gasteiger partial charge in [-0.2, -0.15) is 0 Å². The number of nitrogens with zero attached hydrogens (tertiary/aromatic N) is 1. The van der Waals surface area contributed by atoms with Crippen molar-refractivity contribution in [3.8, 4) is 22.3 Å². The van der Waals surface area contributed by atoms with Crippen LogP contribution in [-0.2, 0) is 0 Å². The van der Waals surface area contributed by atoms with E-state index < -0.39 is 0 Å². The van der Waals surface area contributed by atoms with Gasteiger partial charge in [0.2, 0.25) is 0 Å². The second kappa shape index (κ2) is 11.2. The van der Waals surface area contributed by atoms with Gasteiger partial charge in [-0.3, -0.25) is 0 Å². The quantitative estimate of drug-likeness (QED) is 0.186. The van der Waals surface area contributed by atoms with Crippen LogP contribution >= 0.6 is 11.3 Å². The van der Waals surface area contributed by atoms with Crippen molar-refractivity contribution >= 4 is 81.3 Å². The highest BCUT2D eigenvalue weighted by Crippen LogP contribution is 2.46. The van der Waals surface area contributed by atoms with E-state index in [2.05, 4.69) is 175 Å². The lowest BCUT2D eigenvalue weighted by atomic mass is 9.94. The molecule has 0 aliphatic heterocycles. The predicted molar refractivity (Wildman–Crippen MR) is 210 cm³/mol. The third-order valence-corrected chi connectivity index (χ3v) is 10.8. The summed E-state index contributed by atoms with van der Waals surface area (Å²) in [5.74, 6) is 0. The first-order valence-electron chi connectivity index (χ1n) is 16.6. The summed E-state index contributed by atoms with van der Waals surface area (Å²) in [6, 6.07) is 63.2. The lowest BCUT2D eigenvalue weighted by Crippen LogP contribution is -2.10. The fourth-order valence-corrected chi connectivity index (χ4v) is 8.55. The largest absolute Gasteiger partial charge is 0.456 e. The molecular weight excluding hydrogens is 615 g/mol. The molecule has 2 heterocycles. The highest BCUT2D eigenvalue weighted by atomic mass is 32.1. The molecule has 10 rings (SSSR count). The molecule has 0 atom stereocenters. The molecule has 2 nitrogen and oxygen atoms in total. The van der Waals surface area contributed by atoms with Crippen molar-refractivity contribution in [3.05, 3.63) is 176 Å². The van der Waals surface area contributed by atoms with E-state index in [-0.39, 0.29) is 0 Å². The number of rotatable bonds is 5. The molecule has 49 heavy (non-hydrogen) atoms. The van der Waals surface area contributed by atoms with Crippen LogP contribution in [0.1, 0.15) is 0 Å². The molecule has 3 heteroatoms. The van der Waals surface area contributed by atoms with E-state index in [1.54, 1.807) is 0 Å². The zero-order chi connectivity index (χ0) is 32.3. The molecular formula is C46H29NOS. The molecule has 0 radical (unpaired) electrons. The minimum Gasteiger partial charge on any atom is -0.456 e. The first kappa shape index (κ1) is 27.9. The minimum absolute atomic E-state index is 0.912. The maximum atomic E-state index is 6.40. The third-order valence-electron chi connectivity index (χ3n) is 9.68. The van der Waals surface area contributed by atoms with Crippen LogP contribution in [0, 0.1) is 0 Å². The first-order chi connectivity index (χ1) is 24.3. The Labute approximate surface area is 287 Å². The van der Waals surface area contributed by atoms with E-state index in [1.165, 1.54) is 58.7 Å². The van der Waals surface area contributed by atoms with Crippen molar-refractivity contribution in [2.75, 3.05) is 4.90 Å². The summed E-state index contributed by atoms with van der Waals surface area (Å²) in [6.07, 6.45) is 0. The zero-order valence-electron chi connectivity index (χ0n) is 26.5. The molecule has 2 aromatic heterocycles. The number of furan rings is 1. The minimum atomic E-state index is 0.912. The van der Waals surface area contributed by atoms with Crippen molar-refractivity contribution in [1.82, 2.24) is 0 Å². The second-order valence-electron chi connectivity index (χ2n) is 12.5. The lowest BCUT2D eigenvalue weighted by molar-refractivity contribution is 0.669. The van der Waals surface area contributed by atoms with E-state index in [9.17, 15) is 0 Å². The third kappa shape index (κ3) is 4.55. The Bertz CT molecular complexity index is 2810. The Balaban J connectivity index is 1.15. The molecule has 0 aliphatic rings. The SMILES string of the molecule is c1ccc(-c2ccc(N(c3ccc(-c4cc5oc6ccccc6c5c5ccccc45)cc3)c3cccc4sc5ccccc5c34)cc2)cc1. The van der Waals surface area contributed by atoms with Crippen molar-refractivity contribution in [3.63, 3.8) is 0 Å². The van der Waals surface area contributed by atoms with Gasteiger partial charge in [0.15, 0.2) is 0 Å². The smallest absolute Gasteiger partial charge is 0.136 e. The molecule has 0 bridgehead atoms. The molecule has 0 fully saturated rings. The van der Waals surface area contributed by atoms with Gasteiger partial charge in [0.1, 0.15) is 11.2 Å². The van der Waals surface area contributed by atoms with Crippen LogP contribution in [0.2, 0.25) is 0 Å². The van der Waals surface area contributed by atoms with Crippen molar-refractivity contribution < 1.29 is 4.42 Å². The average molecular weight is 644 g/mol. The number of anilines is 3. The monoisotopic (exact) mass is 643 g/mol. The van der Waals surface area contributed by atoms with Crippen LogP contribution in [-0.4, -0.2) is 0 Å². The summed E-state index contributed by atoms with van der Waals surface area (Å²) < 4.78 is 8.99. The summed E-state index contributed by atoms with van der Waals surface area (Å²) in [7, 11) is 0. The van der Waals surface area contributed by atoms with Crippen LogP contribution in [0.4, 0.5) is 17.1 Å². The van der Waals surface area contributed by atoms with Gasteiger partial charge < -0.3 is 9.32 Å². The van der Waals surface area contributed by atoms with Gasteiger partial charge >= 0.3 is 0 Å². The summed E-state index contributed by atoms with van der Waals surface area (Å²) >= 11 is 1.85. The zero-order valence-corrected chi connectivity index (χ0v) is 27.3. The summed E-state index contributed by atoms with van der Waals surface area (Å²) in [6.45, 7) is 0. The Morgan fingerprint density at radius 2 is 0.980 bits per heavy atom. The van der Waals surface area contributed by atoms with Gasteiger partial charge in [-0.1, -0.05) is 121 Å². The normalized spacial score (nSPS) is 11.7. The molecule has 0 amide bonds. The summed E-state index contributed by atoms with van der Waals surface area (Å²) in [4.78, 5) is 2.40. The summed E-state index contributed by atoms with van der Waals surface area (Å²) in [5.41, 5.74) is 9.95. The van der Waals surface area contributed by atoms with E-state index in [0.29, 0.717) is 0 Å². The predicted octanol–water partition coefficient (Wildman–Crippen LogP) is 13.9. The number of benzene rings is 8. The van der Waals surface area contributed by atoms with Crippen molar-refractivity contribution in [2.45, 2.75) is 0 Å². The first-order valence-corrected chi connectivity index (χ1v) is 17.4. The standard InChI is InChI=1S/C46H29NOS/c1-2-11-30(12-3-1)31-21-25-33(26-22-31)47(40-17-10-20-44-46(40)38-16-7-9-19-43(38)49-44)34-27-23-32(24-28-34)39-29-42-45(36-14-5-4-13-35(36)39)37-15-6-8-18-41(37)48-42/h1-29H. The van der Waals surface area contributed by atoms with E-state index in [4.69, 9.17) is 4.42 Å². The highest BCUT2D eigenvalue weighted by Gasteiger charge is 2.20. The fourth-order valence-electron chi connectivity index (χ4n) is 7.42. The average Bonchev–Trinajstić information content (AvgIpc) is 3.75. The maximum absolute atomic E-state index is 6.40. The molecule has 0 saturated carbocycles. The number of fused-ring (bicyclic) bond motifs is 8. The van der Waals surface area contributed by atoms with Crippen LogP contribution in [0.25, 0.3) is 75.1 Å². The van der Waals surface area contributed by atoms with Crippen molar-refractivity contribution in [2.24, 2.45) is 0 Å². The number of para-hydroxylation sites is 1. The molecule has 0 N–H and O–H groups in total. The van der Waals surface area contributed by atoms with Crippen LogP contribution < -0.4 is 4.90 Å². The van der Waals surface area contributed by atoms with Gasteiger partial charge in [-0.15, -0.1) is 11.3 Å². The van der Waals surface area contributed by atoms with E-state index in [0.717, 1.165) is 33.5 Å². The van der Waals surface area contributed by atoms with Gasteiger partial charge in [0.05, 0.1) is 5.69 Å².